The molecule has 0 saturated heterocycles. The molecule has 0 saturated carbocycles. The van der Waals surface area contributed by atoms with Crippen molar-refractivity contribution in [3.05, 3.63) is 12.1 Å². The SMILES string of the molecule is C[B]CNc1ccc(OC)nn1. The summed E-state index contributed by atoms with van der Waals surface area (Å²) in [7, 11) is 3.57. The van der Waals surface area contributed by atoms with Crippen LogP contribution in [0.3, 0.4) is 0 Å². The van der Waals surface area contributed by atoms with Gasteiger partial charge in [-0.3, -0.25) is 0 Å². The van der Waals surface area contributed by atoms with Crippen LogP contribution in [0.4, 0.5) is 5.82 Å². The lowest BCUT2D eigenvalue weighted by Gasteiger charge is -2.02. The van der Waals surface area contributed by atoms with Gasteiger partial charge < -0.3 is 10.1 Å². The number of nitrogens with zero attached hydrogens (tertiary/aromatic N) is 2. The van der Waals surface area contributed by atoms with Crippen molar-refractivity contribution >= 4 is 13.1 Å². The van der Waals surface area contributed by atoms with Crippen LogP contribution in [0.15, 0.2) is 12.1 Å². The van der Waals surface area contributed by atoms with Gasteiger partial charge in [0.05, 0.1) is 7.11 Å². The molecule has 1 heterocycles. The molecule has 1 rings (SSSR count). The van der Waals surface area contributed by atoms with Gasteiger partial charge in [-0.2, -0.15) is 0 Å². The van der Waals surface area contributed by atoms with Crippen LogP contribution in [0.5, 0.6) is 5.88 Å². The van der Waals surface area contributed by atoms with Crippen molar-refractivity contribution in [1.82, 2.24) is 10.2 Å². The van der Waals surface area contributed by atoms with E-state index in [2.05, 4.69) is 15.5 Å². The lowest BCUT2D eigenvalue weighted by atomic mass is 9.83. The highest BCUT2D eigenvalue weighted by Gasteiger charge is 1.94. The van der Waals surface area contributed by atoms with Crippen LogP contribution < -0.4 is 10.1 Å². The predicted octanol–water partition coefficient (Wildman–Crippen LogP) is 0.607. The summed E-state index contributed by atoms with van der Waals surface area (Å²) < 4.78 is 4.86. The fourth-order valence-corrected chi connectivity index (χ4v) is 0.730. The Morgan fingerprint density at radius 1 is 1.50 bits per heavy atom. The summed E-state index contributed by atoms with van der Waals surface area (Å²) in [5.74, 6) is 1.29. The number of ether oxygens (including phenoxy) is 1. The summed E-state index contributed by atoms with van der Waals surface area (Å²) in [5.41, 5.74) is 0. The average Bonchev–Trinajstić information content (AvgIpc) is 2.15. The van der Waals surface area contributed by atoms with Crippen LogP contribution in [0.1, 0.15) is 0 Å². The molecule has 1 radical (unpaired) electrons. The molecule has 0 aliphatic heterocycles. The van der Waals surface area contributed by atoms with Gasteiger partial charge >= 0.3 is 0 Å². The van der Waals surface area contributed by atoms with Gasteiger partial charge in [0.25, 0.3) is 0 Å². The lowest BCUT2D eigenvalue weighted by molar-refractivity contribution is 0.392. The van der Waals surface area contributed by atoms with E-state index in [9.17, 15) is 0 Å². The van der Waals surface area contributed by atoms with Crippen molar-refractivity contribution < 1.29 is 4.74 Å². The first-order valence-corrected chi connectivity index (χ1v) is 3.76. The molecule has 0 bridgehead atoms. The van der Waals surface area contributed by atoms with Crippen LogP contribution in [0.25, 0.3) is 0 Å². The molecular formula is C7H11BN3O. The molecule has 0 aliphatic carbocycles. The van der Waals surface area contributed by atoms with Crippen LogP contribution >= 0.6 is 0 Å². The number of hydrogen-bond donors (Lipinski definition) is 1. The summed E-state index contributed by atoms with van der Waals surface area (Å²) in [6, 6.07) is 3.60. The van der Waals surface area contributed by atoms with Gasteiger partial charge in [0.1, 0.15) is 13.1 Å². The Kier molecular flexibility index (Phi) is 3.38. The monoisotopic (exact) mass is 164 g/mol. The van der Waals surface area contributed by atoms with Gasteiger partial charge in [0.15, 0.2) is 0 Å². The van der Waals surface area contributed by atoms with Gasteiger partial charge in [0, 0.05) is 6.07 Å². The second kappa shape index (κ2) is 4.59. The minimum absolute atomic E-state index is 0.529. The maximum Gasteiger partial charge on any atom is 0.233 e. The molecule has 1 N–H and O–H groups in total. The van der Waals surface area contributed by atoms with E-state index < -0.39 is 0 Å². The fraction of sp³-hybridized carbons (Fsp3) is 0.429. The fourth-order valence-electron chi connectivity index (χ4n) is 0.730. The van der Waals surface area contributed by atoms with E-state index in [1.165, 1.54) is 0 Å². The van der Waals surface area contributed by atoms with Crippen molar-refractivity contribution in [1.29, 1.82) is 0 Å². The van der Waals surface area contributed by atoms with Crippen LogP contribution in [0.2, 0.25) is 6.82 Å². The van der Waals surface area contributed by atoms with E-state index >= 15 is 0 Å². The molecule has 0 aromatic carbocycles. The molecule has 12 heavy (non-hydrogen) atoms. The average molecular weight is 164 g/mol. The summed E-state index contributed by atoms with van der Waals surface area (Å²) in [6.07, 6.45) is 0.793. The Balaban J connectivity index is 2.53. The van der Waals surface area contributed by atoms with E-state index in [0.717, 1.165) is 12.3 Å². The normalized spacial score (nSPS) is 9.17. The third kappa shape index (κ3) is 2.41. The molecule has 4 nitrogen and oxygen atoms in total. The van der Waals surface area contributed by atoms with E-state index in [0.29, 0.717) is 5.88 Å². The second-order valence-electron chi connectivity index (χ2n) is 2.25. The van der Waals surface area contributed by atoms with Crippen molar-refractivity contribution in [3.8, 4) is 5.88 Å². The van der Waals surface area contributed by atoms with Gasteiger partial charge in [0.2, 0.25) is 5.88 Å². The third-order valence-electron chi connectivity index (χ3n) is 1.34. The number of hydrogen-bond acceptors (Lipinski definition) is 4. The van der Waals surface area contributed by atoms with Gasteiger partial charge in [-0.15, -0.1) is 10.2 Å². The number of anilines is 1. The highest BCUT2D eigenvalue weighted by Crippen LogP contribution is 2.06. The number of rotatable bonds is 4. The van der Waals surface area contributed by atoms with E-state index in [1.54, 1.807) is 13.2 Å². The topological polar surface area (TPSA) is 47.0 Å². The molecule has 0 fully saturated rings. The molecular weight excluding hydrogens is 153 g/mol. The Morgan fingerprint density at radius 2 is 2.33 bits per heavy atom. The largest absolute Gasteiger partial charge is 0.480 e. The highest BCUT2D eigenvalue weighted by molar-refractivity contribution is 6.34. The number of methoxy groups -OCH3 is 1. The smallest absolute Gasteiger partial charge is 0.233 e. The molecule has 1 aromatic heterocycles. The molecule has 0 atom stereocenters. The Hall–Kier alpha value is -1.26. The lowest BCUT2D eigenvalue weighted by Crippen LogP contribution is -2.08. The number of aromatic nitrogens is 2. The minimum Gasteiger partial charge on any atom is -0.480 e. The van der Waals surface area contributed by atoms with E-state index in [-0.39, 0.29) is 0 Å². The molecule has 5 heteroatoms. The standard InChI is InChI=1S/C7H11BN3O/c1-8-5-9-6-3-4-7(12-2)11-10-6/h3-4H,5H2,1-2H3,(H,9,10). The van der Waals surface area contributed by atoms with E-state index in [1.807, 2.05) is 20.2 Å². The zero-order valence-electron chi connectivity index (χ0n) is 7.24. The van der Waals surface area contributed by atoms with Crippen molar-refractivity contribution in [2.45, 2.75) is 6.82 Å². The summed E-state index contributed by atoms with van der Waals surface area (Å²) >= 11 is 0. The number of nitrogens with one attached hydrogen (secondary N) is 1. The summed E-state index contributed by atoms with van der Waals surface area (Å²) in [6.45, 7) is 1.98. The molecule has 0 spiro atoms. The first-order chi connectivity index (χ1) is 5.86. The zero-order chi connectivity index (χ0) is 8.81. The van der Waals surface area contributed by atoms with Gasteiger partial charge in [-0.05, 0) is 12.5 Å². The van der Waals surface area contributed by atoms with Gasteiger partial charge in [-0.25, -0.2) is 0 Å². The van der Waals surface area contributed by atoms with Gasteiger partial charge in [-0.1, -0.05) is 6.82 Å². The maximum absolute atomic E-state index is 4.86. The highest BCUT2D eigenvalue weighted by atomic mass is 16.5. The van der Waals surface area contributed by atoms with Crippen LogP contribution in [-0.4, -0.2) is 31.0 Å². The Bertz CT molecular complexity index is 227. The predicted molar refractivity (Wildman–Crippen MR) is 48.7 cm³/mol. The minimum atomic E-state index is 0.529. The van der Waals surface area contributed by atoms with Crippen molar-refractivity contribution in [2.24, 2.45) is 0 Å². The third-order valence-corrected chi connectivity index (χ3v) is 1.34. The first kappa shape index (κ1) is 8.84. The first-order valence-electron chi connectivity index (χ1n) is 3.76. The quantitative estimate of drug-likeness (QED) is 0.662. The Morgan fingerprint density at radius 3 is 2.83 bits per heavy atom. The van der Waals surface area contributed by atoms with Crippen molar-refractivity contribution in [3.63, 3.8) is 0 Å². The summed E-state index contributed by atoms with van der Waals surface area (Å²) in [5, 5.41) is 10.7. The molecule has 63 valence electrons. The van der Waals surface area contributed by atoms with Crippen LogP contribution in [-0.2, 0) is 0 Å². The Labute approximate surface area is 72.6 Å². The van der Waals surface area contributed by atoms with Crippen molar-refractivity contribution in [2.75, 3.05) is 18.9 Å². The maximum atomic E-state index is 4.86. The van der Waals surface area contributed by atoms with E-state index in [4.69, 9.17) is 4.74 Å². The second-order valence-corrected chi connectivity index (χ2v) is 2.25. The zero-order valence-corrected chi connectivity index (χ0v) is 7.24. The molecule has 1 aromatic rings. The van der Waals surface area contributed by atoms with Crippen LogP contribution in [0, 0.1) is 0 Å². The summed E-state index contributed by atoms with van der Waals surface area (Å²) in [4.78, 5) is 0. The molecule has 0 amide bonds. The molecule has 0 aliphatic rings. The molecule has 0 unspecified atom stereocenters.